The molecule has 2 heterocycles. The fourth-order valence-corrected chi connectivity index (χ4v) is 9.71. The summed E-state index contributed by atoms with van der Waals surface area (Å²) in [4.78, 5) is 0. The van der Waals surface area contributed by atoms with Gasteiger partial charge in [-0.1, -0.05) is 81.4 Å². The number of benzene rings is 2. The topological polar surface area (TPSA) is 36.3 Å². The summed E-state index contributed by atoms with van der Waals surface area (Å²) in [5.41, 5.74) is -0.235. The standard InChI is InChI=1S/C23H25F2IN2O2Si/c1-23(2,3)31(17-10-6-4-7-11-17,18-12-8-5-9-13-18)30-16-14-28-22(29-15-16)19(26)20(27-28)21(24)25/h4-13,16,21H,14-15H2,1-3H3. The van der Waals surface area contributed by atoms with Crippen LogP contribution in [-0.4, -0.2) is 30.8 Å². The Morgan fingerprint density at radius 2 is 1.61 bits per heavy atom. The lowest BCUT2D eigenvalue weighted by atomic mass is 10.2. The van der Waals surface area contributed by atoms with Crippen molar-refractivity contribution in [1.82, 2.24) is 9.78 Å². The molecule has 0 bridgehead atoms. The molecule has 31 heavy (non-hydrogen) atoms. The third-order valence-corrected chi connectivity index (χ3v) is 11.7. The van der Waals surface area contributed by atoms with Gasteiger partial charge in [0.25, 0.3) is 14.7 Å². The van der Waals surface area contributed by atoms with Crippen molar-refractivity contribution < 1.29 is 17.9 Å². The Morgan fingerprint density at radius 1 is 1.06 bits per heavy atom. The molecule has 1 aliphatic rings. The van der Waals surface area contributed by atoms with Crippen LogP contribution in [0.4, 0.5) is 8.78 Å². The molecule has 0 saturated carbocycles. The summed E-state index contributed by atoms with van der Waals surface area (Å²) in [6.07, 6.45) is -2.94. The van der Waals surface area contributed by atoms with Gasteiger partial charge in [-0.05, 0) is 38.0 Å². The first kappa shape index (κ1) is 22.4. The van der Waals surface area contributed by atoms with Crippen LogP contribution >= 0.6 is 22.6 Å². The molecule has 0 amide bonds. The van der Waals surface area contributed by atoms with Crippen LogP contribution < -0.4 is 15.1 Å². The average Bonchev–Trinajstić information content (AvgIpc) is 3.08. The van der Waals surface area contributed by atoms with Gasteiger partial charge < -0.3 is 9.16 Å². The minimum absolute atomic E-state index is 0.178. The van der Waals surface area contributed by atoms with E-state index in [4.69, 9.17) is 9.16 Å². The van der Waals surface area contributed by atoms with E-state index in [0.717, 1.165) is 0 Å². The van der Waals surface area contributed by atoms with Gasteiger partial charge in [0, 0.05) is 0 Å². The second-order valence-corrected chi connectivity index (χ2v) is 14.0. The van der Waals surface area contributed by atoms with Crippen molar-refractivity contribution in [2.75, 3.05) is 6.61 Å². The Labute approximate surface area is 195 Å². The SMILES string of the molecule is CC(C)(C)[Si](OC1COc2c(I)c(C(F)F)nn2C1)(c1ccccc1)c1ccccc1. The first-order valence-electron chi connectivity index (χ1n) is 10.2. The van der Waals surface area contributed by atoms with Crippen molar-refractivity contribution in [2.24, 2.45) is 0 Å². The first-order valence-corrected chi connectivity index (χ1v) is 13.2. The number of alkyl halides is 2. The van der Waals surface area contributed by atoms with Gasteiger partial charge in [0.2, 0.25) is 5.88 Å². The zero-order valence-electron chi connectivity index (χ0n) is 17.7. The molecule has 8 heteroatoms. The Hall–Kier alpha value is -1.78. The molecule has 1 aromatic heterocycles. The molecule has 1 unspecified atom stereocenters. The molecule has 0 fully saturated rings. The van der Waals surface area contributed by atoms with Crippen LogP contribution in [0.2, 0.25) is 5.04 Å². The lowest BCUT2D eigenvalue weighted by molar-refractivity contribution is 0.0656. The maximum Gasteiger partial charge on any atom is 0.283 e. The van der Waals surface area contributed by atoms with E-state index in [1.807, 2.05) is 59.0 Å². The van der Waals surface area contributed by atoms with Crippen molar-refractivity contribution in [3.63, 3.8) is 0 Å². The molecule has 0 aliphatic carbocycles. The van der Waals surface area contributed by atoms with E-state index in [2.05, 4.69) is 50.1 Å². The summed E-state index contributed by atoms with van der Waals surface area (Å²) in [6, 6.07) is 20.7. The minimum atomic E-state index is -2.76. The quantitative estimate of drug-likeness (QED) is 0.337. The molecule has 4 nitrogen and oxygen atoms in total. The smallest absolute Gasteiger partial charge is 0.283 e. The number of halogens is 3. The maximum atomic E-state index is 13.3. The van der Waals surface area contributed by atoms with Gasteiger partial charge in [0.1, 0.15) is 15.9 Å². The number of nitrogens with zero attached hydrogens (tertiary/aromatic N) is 2. The number of fused-ring (bicyclic) bond motifs is 1. The molecule has 0 N–H and O–H groups in total. The number of hydrogen-bond acceptors (Lipinski definition) is 3. The van der Waals surface area contributed by atoms with Gasteiger partial charge in [-0.15, -0.1) is 0 Å². The maximum absolute atomic E-state index is 13.3. The Bertz CT molecular complexity index is 999. The molecule has 1 atom stereocenters. The van der Waals surface area contributed by atoms with Crippen molar-refractivity contribution in [3.8, 4) is 5.88 Å². The molecule has 0 saturated heterocycles. The van der Waals surface area contributed by atoms with Crippen LogP contribution in [0, 0.1) is 3.57 Å². The van der Waals surface area contributed by atoms with E-state index < -0.39 is 14.7 Å². The highest BCUT2D eigenvalue weighted by atomic mass is 127. The van der Waals surface area contributed by atoms with Gasteiger partial charge in [0.05, 0.1) is 12.6 Å². The fourth-order valence-electron chi connectivity index (χ4n) is 4.27. The number of rotatable bonds is 5. The normalized spacial score (nSPS) is 16.8. The molecule has 0 spiro atoms. The van der Waals surface area contributed by atoms with Crippen LogP contribution in [0.1, 0.15) is 32.9 Å². The summed E-state index contributed by atoms with van der Waals surface area (Å²) in [7, 11) is -2.76. The summed E-state index contributed by atoms with van der Waals surface area (Å²) in [5, 5.41) is 6.27. The van der Waals surface area contributed by atoms with E-state index in [-0.39, 0.29) is 16.8 Å². The highest BCUT2D eigenvalue weighted by Crippen LogP contribution is 2.39. The molecule has 164 valence electrons. The number of aromatic nitrogens is 2. The number of ether oxygens (including phenoxy) is 1. The molecule has 3 aromatic rings. The van der Waals surface area contributed by atoms with E-state index in [1.54, 1.807) is 0 Å². The molecule has 4 rings (SSSR count). The fraction of sp³-hybridized carbons (Fsp3) is 0.348. The first-order chi connectivity index (χ1) is 14.7. The van der Waals surface area contributed by atoms with Crippen LogP contribution in [-0.2, 0) is 11.0 Å². The summed E-state index contributed by atoms with van der Waals surface area (Å²) >= 11 is 1.88. The van der Waals surface area contributed by atoms with Gasteiger partial charge in [0.15, 0.2) is 0 Å². The van der Waals surface area contributed by atoms with Gasteiger partial charge in [-0.25, -0.2) is 13.5 Å². The molecular weight excluding hydrogens is 529 g/mol. The second-order valence-electron chi connectivity index (χ2n) is 8.70. The monoisotopic (exact) mass is 554 g/mol. The summed E-state index contributed by atoms with van der Waals surface area (Å²) in [6.45, 7) is 7.30. The van der Waals surface area contributed by atoms with E-state index in [9.17, 15) is 8.78 Å². The van der Waals surface area contributed by atoms with Crippen molar-refractivity contribution >= 4 is 41.3 Å². The van der Waals surface area contributed by atoms with E-state index in [1.165, 1.54) is 15.1 Å². The summed E-state index contributed by atoms with van der Waals surface area (Å²) < 4.78 is 41.5. The highest BCUT2D eigenvalue weighted by molar-refractivity contribution is 14.1. The highest BCUT2D eigenvalue weighted by Gasteiger charge is 2.52. The lowest BCUT2D eigenvalue weighted by Gasteiger charge is -2.45. The van der Waals surface area contributed by atoms with Crippen molar-refractivity contribution in [2.45, 2.75) is 44.9 Å². The predicted octanol–water partition coefficient (Wildman–Crippen LogP) is 4.76. The largest absolute Gasteiger partial charge is 0.474 e. The lowest BCUT2D eigenvalue weighted by Crippen LogP contribution is -2.68. The van der Waals surface area contributed by atoms with E-state index in [0.29, 0.717) is 22.6 Å². The number of hydrogen-bond donors (Lipinski definition) is 0. The van der Waals surface area contributed by atoms with Crippen LogP contribution in [0.25, 0.3) is 0 Å². The molecular formula is C23H25F2IN2O2Si. The predicted molar refractivity (Wildman–Crippen MR) is 128 cm³/mol. The van der Waals surface area contributed by atoms with Gasteiger partial charge >= 0.3 is 0 Å². The Balaban J connectivity index is 1.77. The third kappa shape index (κ3) is 4.05. The van der Waals surface area contributed by atoms with Crippen molar-refractivity contribution in [3.05, 3.63) is 69.9 Å². The van der Waals surface area contributed by atoms with Crippen LogP contribution in [0.3, 0.4) is 0 Å². The molecule has 2 aromatic carbocycles. The zero-order valence-corrected chi connectivity index (χ0v) is 20.8. The summed E-state index contributed by atoms with van der Waals surface area (Å²) in [5.74, 6) is 0.401. The minimum Gasteiger partial charge on any atom is -0.474 e. The molecule has 1 aliphatic heterocycles. The molecule has 0 radical (unpaired) electrons. The second kappa shape index (κ2) is 8.63. The van der Waals surface area contributed by atoms with Crippen LogP contribution in [0.15, 0.2) is 60.7 Å². The van der Waals surface area contributed by atoms with Crippen LogP contribution in [0.5, 0.6) is 5.88 Å². The van der Waals surface area contributed by atoms with Crippen molar-refractivity contribution in [1.29, 1.82) is 0 Å². The average molecular weight is 554 g/mol. The zero-order chi connectivity index (χ0) is 22.2. The van der Waals surface area contributed by atoms with E-state index >= 15 is 0 Å². The Morgan fingerprint density at radius 3 is 2.10 bits per heavy atom. The Kier molecular flexibility index (Phi) is 6.24. The van der Waals surface area contributed by atoms with Gasteiger partial charge in [-0.3, -0.25) is 0 Å². The third-order valence-electron chi connectivity index (χ3n) is 5.63. The van der Waals surface area contributed by atoms with Gasteiger partial charge in [-0.2, -0.15) is 5.10 Å².